The third kappa shape index (κ3) is 4.08. The summed E-state index contributed by atoms with van der Waals surface area (Å²) in [6.45, 7) is 6.97. The molecule has 2 heterocycles. The van der Waals surface area contributed by atoms with E-state index >= 15 is 0 Å². The topological polar surface area (TPSA) is 74.8 Å². The van der Waals surface area contributed by atoms with Gasteiger partial charge in [0.2, 0.25) is 5.91 Å². The second-order valence-electron chi connectivity index (χ2n) is 6.97. The number of hydrogen-bond acceptors (Lipinski definition) is 4. The molecule has 0 saturated carbocycles. The van der Waals surface area contributed by atoms with E-state index in [1.807, 2.05) is 44.2 Å². The largest absolute Gasteiger partial charge is 0.497 e. The summed E-state index contributed by atoms with van der Waals surface area (Å²) in [4.78, 5) is 33.1. The number of carbonyl (C=O) groups is 2. The van der Waals surface area contributed by atoms with Gasteiger partial charge in [-0.25, -0.2) is 4.79 Å². The number of hydrogen-bond donors (Lipinski definition) is 1. The van der Waals surface area contributed by atoms with Crippen LogP contribution in [0.5, 0.6) is 5.75 Å². The van der Waals surface area contributed by atoms with Crippen molar-refractivity contribution in [1.29, 1.82) is 0 Å². The molecule has 0 radical (unpaired) electrons. The highest BCUT2D eigenvalue weighted by molar-refractivity contribution is 6.00. The van der Waals surface area contributed by atoms with E-state index in [9.17, 15) is 9.59 Å². The van der Waals surface area contributed by atoms with Gasteiger partial charge in [-0.15, -0.1) is 0 Å². The zero-order valence-electron chi connectivity index (χ0n) is 16.7. The quantitative estimate of drug-likeness (QED) is 0.882. The van der Waals surface area contributed by atoms with E-state index in [1.54, 1.807) is 30.0 Å². The predicted molar refractivity (Wildman–Crippen MR) is 107 cm³/mol. The van der Waals surface area contributed by atoms with Crippen LogP contribution in [0.15, 0.2) is 36.5 Å². The minimum Gasteiger partial charge on any atom is -0.497 e. The highest BCUT2D eigenvalue weighted by atomic mass is 16.5. The minimum atomic E-state index is -0.544. The van der Waals surface area contributed by atoms with E-state index in [2.05, 4.69) is 10.3 Å². The molecular formula is C21H26N4O3. The van der Waals surface area contributed by atoms with E-state index in [4.69, 9.17) is 4.74 Å². The summed E-state index contributed by atoms with van der Waals surface area (Å²) in [5.41, 5.74) is 3.77. The van der Waals surface area contributed by atoms with Crippen LogP contribution >= 0.6 is 0 Å². The number of aromatic nitrogens is 1. The third-order valence-electron chi connectivity index (χ3n) is 5.07. The summed E-state index contributed by atoms with van der Waals surface area (Å²) in [5.74, 6) is 0.586. The number of methoxy groups -OCH3 is 1. The van der Waals surface area contributed by atoms with Gasteiger partial charge in [-0.1, -0.05) is 6.07 Å². The Kier molecular flexibility index (Phi) is 5.82. The Morgan fingerprint density at radius 2 is 2.07 bits per heavy atom. The van der Waals surface area contributed by atoms with Crippen molar-refractivity contribution in [3.63, 3.8) is 0 Å². The first-order chi connectivity index (χ1) is 13.4. The van der Waals surface area contributed by atoms with Gasteiger partial charge in [0.15, 0.2) is 0 Å². The zero-order chi connectivity index (χ0) is 20.3. The molecule has 1 fully saturated rings. The van der Waals surface area contributed by atoms with E-state index in [0.717, 1.165) is 22.5 Å². The predicted octanol–water partition coefficient (Wildman–Crippen LogP) is 2.65. The number of benzene rings is 1. The van der Waals surface area contributed by atoms with Gasteiger partial charge >= 0.3 is 6.03 Å². The molecule has 148 valence electrons. The van der Waals surface area contributed by atoms with Crippen LogP contribution in [0.4, 0.5) is 10.5 Å². The van der Waals surface area contributed by atoms with Crippen molar-refractivity contribution in [3.8, 4) is 5.75 Å². The molecule has 1 aliphatic heterocycles. The average molecular weight is 382 g/mol. The van der Waals surface area contributed by atoms with Gasteiger partial charge < -0.3 is 19.9 Å². The maximum atomic E-state index is 12.9. The van der Waals surface area contributed by atoms with Crippen LogP contribution in [-0.4, -0.2) is 48.1 Å². The Morgan fingerprint density at radius 1 is 1.29 bits per heavy atom. The lowest BCUT2D eigenvalue weighted by molar-refractivity contribution is -0.124. The molecule has 0 aliphatic carbocycles. The van der Waals surface area contributed by atoms with Gasteiger partial charge in [0.05, 0.1) is 7.11 Å². The lowest BCUT2D eigenvalue weighted by Gasteiger charge is -2.39. The molecule has 1 N–H and O–H groups in total. The van der Waals surface area contributed by atoms with Crippen molar-refractivity contribution < 1.29 is 14.3 Å². The molecule has 7 nitrogen and oxygen atoms in total. The first-order valence-corrected chi connectivity index (χ1v) is 9.32. The number of aryl methyl sites for hydroxylation is 2. The number of nitrogens with zero attached hydrogens (tertiary/aromatic N) is 3. The van der Waals surface area contributed by atoms with Crippen molar-refractivity contribution in [3.05, 3.63) is 53.3 Å². The number of amides is 3. The molecule has 3 amide bonds. The molecular weight excluding hydrogens is 356 g/mol. The fourth-order valence-corrected chi connectivity index (χ4v) is 3.36. The number of urea groups is 1. The Bertz CT molecular complexity index is 884. The summed E-state index contributed by atoms with van der Waals surface area (Å²) >= 11 is 0. The number of nitrogens with one attached hydrogen (secondary N) is 1. The molecule has 28 heavy (non-hydrogen) atoms. The van der Waals surface area contributed by atoms with Crippen LogP contribution in [-0.2, 0) is 11.3 Å². The number of ether oxygens (including phenoxy) is 1. The van der Waals surface area contributed by atoms with Gasteiger partial charge in [-0.05, 0) is 50.1 Å². The number of carbonyl (C=O) groups excluding carboxylic acids is 2. The van der Waals surface area contributed by atoms with Gasteiger partial charge in [0.25, 0.3) is 0 Å². The summed E-state index contributed by atoms with van der Waals surface area (Å²) in [7, 11) is 1.59. The summed E-state index contributed by atoms with van der Waals surface area (Å²) < 4.78 is 5.24. The minimum absolute atomic E-state index is 0.108. The van der Waals surface area contributed by atoms with E-state index in [-0.39, 0.29) is 11.9 Å². The van der Waals surface area contributed by atoms with Gasteiger partial charge in [-0.3, -0.25) is 9.78 Å². The SMILES string of the molecule is COc1cccc(N2CCN(C(=O)NCc3cnc(C)cc3C)C(C)C2=O)c1. The Balaban J connectivity index is 1.65. The number of pyridine rings is 1. The van der Waals surface area contributed by atoms with E-state index in [0.29, 0.717) is 25.4 Å². The molecule has 1 unspecified atom stereocenters. The molecule has 1 aliphatic rings. The van der Waals surface area contributed by atoms with Gasteiger partial charge in [0.1, 0.15) is 11.8 Å². The second-order valence-corrected chi connectivity index (χ2v) is 6.97. The number of piperazine rings is 1. The maximum Gasteiger partial charge on any atom is 0.318 e. The molecule has 1 atom stereocenters. The van der Waals surface area contributed by atoms with Crippen molar-refractivity contribution in [2.24, 2.45) is 0 Å². The molecule has 0 bridgehead atoms. The van der Waals surface area contributed by atoms with Crippen molar-refractivity contribution in [2.75, 3.05) is 25.1 Å². The van der Waals surface area contributed by atoms with Crippen LogP contribution in [0, 0.1) is 13.8 Å². The van der Waals surface area contributed by atoms with Crippen molar-refractivity contribution in [2.45, 2.75) is 33.4 Å². The first kappa shape index (κ1) is 19.7. The molecule has 1 aromatic heterocycles. The van der Waals surface area contributed by atoms with E-state index in [1.165, 1.54) is 0 Å². The fraction of sp³-hybridized carbons (Fsp3) is 0.381. The lowest BCUT2D eigenvalue weighted by Crippen LogP contribution is -2.59. The van der Waals surface area contributed by atoms with Crippen LogP contribution < -0.4 is 15.0 Å². The lowest BCUT2D eigenvalue weighted by atomic mass is 10.1. The molecule has 1 saturated heterocycles. The third-order valence-corrected chi connectivity index (χ3v) is 5.07. The number of anilines is 1. The fourth-order valence-electron chi connectivity index (χ4n) is 3.36. The van der Waals surface area contributed by atoms with Gasteiger partial charge in [0, 0.05) is 43.3 Å². The normalized spacial score (nSPS) is 16.9. The van der Waals surface area contributed by atoms with E-state index < -0.39 is 6.04 Å². The summed E-state index contributed by atoms with van der Waals surface area (Å²) in [6.07, 6.45) is 1.78. The highest BCUT2D eigenvalue weighted by Crippen LogP contribution is 2.24. The molecule has 1 aromatic carbocycles. The standard InChI is InChI=1S/C21H26N4O3/c1-14-10-15(2)22-12-17(14)13-23-21(27)24-8-9-25(20(26)16(24)3)18-6-5-7-19(11-18)28-4/h5-7,10-12,16H,8-9,13H2,1-4H3,(H,23,27). The molecule has 7 heteroatoms. The summed E-state index contributed by atoms with van der Waals surface area (Å²) in [6, 6.07) is 8.58. The smallest absolute Gasteiger partial charge is 0.318 e. The Labute approximate surface area is 165 Å². The van der Waals surface area contributed by atoms with Crippen LogP contribution in [0.1, 0.15) is 23.7 Å². The Hall–Kier alpha value is -3.09. The number of rotatable bonds is 4. The highest BCUT2D eigenvalue weighted by Gasteiger charge is 2.35. The summed E-state index contributed by atoms with van der Waals surface area (Å²) in [5, 5.41) is 2.91. The molecule has 3 rings (SSSR count). The van der Waals surface area contributed by atoms with Crippen molar-refractivity contribution >= 4 is 17.6 Å². The maximum absolute atomic E-state index is 12.9. The van der Waals surface area contributed by atoms with Gasteiger partial charge in [-0.2, -0.15) is 0 Å². The molecule has 2 aromatic rings. The zero-order valence-corrected chi connectivity index (χ0v) is 16.7. The average Bonchev–Trinajstić information content (AvgIpc) is 2.69. The van der Waals surface area contributed by atoms with Crippen LogP contribution in [0.2, 0.25) is 0 Å². The monoisotopic (exact) mass is 382 g/mol. The Morgan fingerprint density at radius 3 is 2.79 bits per heavy atom. The molecule has 0 spiro atoms. The van der Waals surface area contributed by atoms with Crippen LogP contribution in [0.25, 0.3) is 0 Å². The second kappa shape index (κ2) is 8.29. The first-order valence-electron chi connectivity index (χ1n) is 9.32. The van der Waals surface area contributed by atoms with Crippen LogP contribution in [0.3, 0.4) is 0 Å². The van der Waals surface area contributed by atoms with Crippen molar-refractivity contribution in [1.82, 2.24) is 15.2 Å².